The summed E-state index contributed by atoms with van der Waals surface area (Å²) in [5.41, 5.74) is 2.47. The lowest BCUT2D eigenvalue weighted by Crippen LogP contribution is -2.51. The SMILES string of the molecule is OCC(N[C@H]1CC[C@H](N(Cc2ccccc2)Cc2ccccc2)CC1)C(F)(F)F. The largest absolute Gasteiger partial charge is 0.406 e. The highest BCUT2D eigenvalue weighted by molar-refractivity contribution is 5.17. The molecule has 158 valence electrons. The zero-order valence-electron chi connectivity index (χ0n) is 16.5. The lowest BCUT2D eigenvalue weighted by atomic mass is 9.89. The predicted molar refractivity (Wildman–Crippen MR) is 108 cm³/mol. The minimum absolute atomic E-state index is 0.208. The van der Waals surface area contributed by atoms with Crippen LogP contribution in [-0.4, -0.2) is 40.9 Å². The van der Waals surface area contributed by atoms with E-state index in [1.54, 1.807) is 0 Å². The molecule has 0 saturated heterocycles. The van der Waals surface area contributed by atoms with Gasteiger partial charge in [-0.2, -0.15) is 13.2 Å². The van der Waals surface area contributed by atoms with E-state index < -0.39 is 18.8 Å². The number of benzene rings is 2. The van der Waals surface area contributed by atoms with Crippen molar-refractivity contribution in [1.82, 2.24) is 10.2 Å². The molecule has 0 heterocycles. The van der Waals surface area contributed by atoms with E-state index in [0.717, 1.165) is 25.9 Å². The van der Waals surface area contributed by atoms with Crippen molar-refractivity contribution in [2.75, 3.05) is 6.61 Å². The molecule has 2 aromatic carbocycles. The van der Waals surface area contributed by atoms with Crippen molar-refractivity contribution in [3.8, 4) is 0 Å². The Kier molecular flexibility index (Phi) is 7.70. The van der Waals surface area contributed by atoms with Crippen LogP contribution in [0.1, 0.15) is 36.8 Å². The van der Waals surface area contributed by atoms with Crippen LogP contribution >= 0.6 is 0 Å². The van der Waals surface area contributed by atoms with Crippen molar-refractivity contribution in [2.45, 2.75) is 63.1 Å². The van der Waals surface area contributed by atoms with Crippen molar-refractivity contribution in [2.24, 2.45) is 0 Å². The maximum Gasteiger partial charge on any atom is 0.406 e. The summed E-state index contributed by atoms with van der Waals surface area (Å²) in [4.78, 5) is 2.44. The first kappa shape index (κ1) is 21.8. The van der Waals surface area contributed by atoms with Gasteiger partial charge in [0, 0.05) is 25.2 Å². The molecule has 1 aliphatic carbocycles. The Bertz CT molecular complexity index is 674. The number of hydrogen-bond acceptors (Lipinski definition) is 3. The van der Waals surface area contributed by atoms with Crippen LogP contribution < -0.4 is 5.32 Å². The summed E-state index contributed by atoms with van der Waals surface area (Å²) in [5, 5.41) is 11.7. The fourth-order valence-electron chi connectivity index (χ4n) is 4.09. The van der Waals surface area contributed by atoms with Gasteiger partial charge in [0.25, 0.3) is 0 Å². The predicted octanol–water partition coefficient (Wildman–Crippen LogP) is 4.51. The third-order valence-electron chi connectivity index (χ3n) is 5.68. The highest BCUT2D eigenvalue weighted by Gasteiger charge is 2.40. The fraction of sp³-hybridized carbons (Fsp3) is 0.478. The van der Waals surface area contributed by atoms with Crippen molar-refractivity contribution in [1.29, 1.82) is 0 Å². The minimum Gasteiger partial charge on any atom is -0.394 e. The van der Waals surface area contributed by atoms with E-state index >= 15 is 0 Å². The van der Waals surface area contributed by atoms with E-state index in [0.29, 0.717) is 18.9 Å². The number of nitrogens with one attached hydrogen (secondary N) is 1. The molecule has 2 aromatic rings. The van der Waals surface area contributed by atoms with Gasteiger partial charge in [-0.15, -0.1) is 0 Å². The van der Waals surface area contributed by atoms with Crippen molar-refractivity contribution in [3.05, 3.63) is 71.8 Å². The molecular formula is C23H29F3N2O. The van der Waals surface area contributed by atoms with Crippen molar-refractivity contribution >= 4 is 0 Å². The molecule has 1 fully saturated rings. The summed E-state index contributed by atoms with van der Waals surface area (Å²) in [6, 6.07) is 18.8. The molecule has 29 heavy (non-hydrogen) atoms. The normalized spacial score (nSPS) is 21.3. The Morgan fingerprint density at radius 1 is 0.862 bits per heavy atom. The number of nitrogens with zero attached hydrogens (tertiary/aromatic N) is 1. The summed E-state index contributed by atoms with van der Waals surface area (Å²) >= 11 is 0. The first-order valence-electron chi connectivity index (χ1n) is 10.2. The molecule has 0 spiro atoms. The van der Waals surface area contributed by atoms with Crippen molar-refractivity contribution < 1.29 is 18.3 Å². The summed E-state index contributed by atoms with van der Waals surface area (Å²) in [5.74, 6) is 0. The first-order valence-corrected chi connectivity index (χ1v) is 10.2. The second-order valence-electron chi connectivity index (χ2n) is 7.83. The van der Waals surface area contributed by atoms with Gasteiger partial charge in [0.1, 0.15) is 6.04 Å². The van der Waals surface area contributed by atoms with Crippen LogP contribution in [0.25, 0.3) is 0 Å². The molecule has 1 saturated carbocycles. The number of aliphatic hydroxyl groups excluding tert-OH is 1. The van der Waals surface area contributed by atoms with Crippen LogP contribution in [0.4, 0.5) is 13.2 Å². The number of rotatable bonds is 8. The van der Waals surface area contributed by atoms with E-state index in [1.165, 1.54) is 11.1 Å². The molecule has 0 amide bonds. The average Bonchev–Trinajstić information content (AvgIpc) is 2.73. The van der Waals surface area contributed by atoms with Gasteiger partial charge in [-0.3, -0.25) is 4.90 Å². The standard InChI is InChI=1S/C23H29F3N2O/c24-23(25,26)22(17-29)27-20-11-13-21(14-12-20)28(15-18-7-3-1-4-8-18)16-19-9-5-2-6-10-19/h1-10,20-22,27,29H,11-17H2/t20-,21-,22?. The van der Waals surface area contributed by atoms with Gasteiger partial charge in [0.2, 0.25) is 0 Å². The Hall–Kier alpha value is -1.89. The van der Waals surface area contributed by atoms with Gasteiger partial charge in [-0.1, -0.05) is 60.7 Å². The number of hydrogen-bond donors (Lipinski definition) is 2. The van der Waals surface area contributed by atoms with E-state index in [1.807, 2.05) is 36.4 Å². The summed E-state index contributed by atoms with van der Waals surface area (Å²) in [6.07, 6.45) is -1.38. The zero-order chi connectivity index (χ0) is 20.7. The highest BCUT2D eigenvalue weighted by Crippen LogP contribution is 2.28. The first-order chi connectivity index (χ1) is 14.0. The maximum absolute atomic E-state index is 12.9. The average molecular weight is 406 g/mol. The van der Waals surface area contributed by atoms with Crippen LogP contribution in [0.5, 0.6) is 0 Å². The van der Waals surface area contributed by atoms with Crippen molar-refractivity contribution in [3.63, 3.8) is 0 Å². The number of alkyl halides is 3. The number of halogens is 3. The highest BCUT2D eigenvalue weighted by atomic mass is 19.4. The van der Waals surface area contributed by atoms with Crippen LogP contribution in [-0.2, 0) is 13.1 Å². The monoisotopic (exact) mass is 406 g/mol. The second kappa shape index (κ2) is 10.2. The van der Waals surface area contributed by atoms with Crippen LogP contribution in [0, 0.1) is 0 Å². The van der Waals surface area contributed by atoms with Gasteiger partial charge < -0.3 is 10.4 Å². The van der Waals surface area contributed by atoms with Gasteiger partial charge in [0.05, 0.1) is 6.61 Å². The molecule has 0 bridgehead atoms. The van der Waals surface area contributed by atoms with Gasteiger partial charge in [-0.25, -0.2) is 0 Å². The zero-order valence-corrected chi connectivity index (χ0v) is 16.5. The summed E-state index contributed by atoms with van der Waals surface area (Å²) in [7, 11) is 0. The molecule has 0 radical (unpaired) electrons. The molecule has 6 heteroatoms. The maximum atomic E-state index is 12.9. The molecule has 0 aromatic heterocycles. The molecule has 3 rings (SSSR count). The topological polar surface area (TPSA) is 35.5 Å². The smallest absolute Gasteiger partial charge is 0.394 e. The minimum atomic E-state index is -4.42. The van der Waals surface area contributed by atoms with E-state index in [9.17, 15) is 13.2 Å². The third kappa shape index (κ3) is 6.56. The van der Waals surface area contributed by atoms with Crippen LogP contribution in [0.15, 0.2) is 60.7 Å². The molecule has 1 atom stereocenters. The van der Waals surface area contributed by atoms with Crippen LogP contribution in [0.2, 0.25) is 0 Å². The molecular weight excluding hydrogens is 377 g/mol. The van der Waals surface area contributed by atoms with E-state index in [4.69, 9.17) is 5.11 Å². The van der Waals surface area contributed by atoms with Gasteiger partial charge in [-0.05, 0) is 36.8 Å². The molecule has 2 N–H and O–H groups in total. The fourth-order valence-corrected chi connectivity index (χ4v) is 4.09. The van der Waals surface area contributed by atoms with E-state index in [-0.39, 0.29) is 6.04 Å². The van der Waals surface area contributed by atoms with E-state index in [2.05, 4.69) is 34.5 Å². The van der Waals surface area contributed by atoms with Gasteiger partial charge >= 0.3 is 6.18 Å². The Morgan fingerprint density at radius 3 is 1.76 bits per heavy atom. The molecule has 0 aliphatic heterocycles. The lowest BCUT2D eigenvalue weighted by Gasteiger charge is -2.38. The Balaban J connectivity index is 1.63. The quantitative estimate of drug-likeness (QED) is 0.677. The summed E-state index contributed by atoms with van der Waals surface area (Å²) in [6.45, 7) is 0.720. The summed E-state index contributed by atoms with van der Waals surface area (Å²) < 4.78 is 38.8. The molecule has 1 unspecified atom stereocenters. The second-order valence-corrected chi connectivity index (χ2v) is 7.83. The molecule has 1 aliphatic rings. The Labute approximate surface area is 170 Å². The number of aliphatic hydroxyl groups is 1. The molecule has 3 nitrogen and oxygen atoms in total. The lowest BCUT2D eigenvalue weighted by molar-refractivity contribution is -0.166. The Morgan fingerprint density at radius 2 is 1.34 bits per heavy atom. The van der Waals surface area contributed by atoms with Crippen LogP contribution in [0.3, 0.4) is 0 Å². The van der Waals surface area contributed by atoms with Gasteiger partial charge in [0.15, 0.2) is 0 Å². The third-order valence-corrected chi connectivity index (χ3v) is 5.68.